The number of aliphatic hydroxyl groups is 1. The molecule has 5 nitrogen and oxygen atoms in total. The van der Waals surface area contributed by atoms with E-state index in [0.29, 0.717) is 42.6 Å². The van der Waals surface area contributed by atoms with Crippen LogP contribution in [0.5, 0.6) is 0 Å². The number of carbonyl (C=O) groups is 1. The molecule has 35 heavy (non-hydrogen) atoms. The molecule has 1 saturated heterocycles. The van der Waals surface area contributed by atoms with Crippen LogP contribution in [-0.2, 0) is 4.79 Å². The van der Waals surface area contributed by atoms with Crippen molar-refractivity contribution in [1.29, 1.82) is 0 Å². The summed E-state index contributed by atoms with van der Waals surface area (Å²) in [5.41, 5.74) is 2.28. The van der Waals surface area contributed by atoms with Gasteiger partial charge in [0.25, 0.3) is 0 Å². The number of fused-ring (bicyclic) bond motifs is 1. The van der Waals surface area contributed by atoms with Crippen LogP contribution in [0.4, 0.5) is 13.2 Å². The van der Waals surface area contributed by atoms with Crippen molar-refractivity contribution in [3.8, 4) is 11.3 Å². The number of nitrogens with one attached hydrogen (secondary N) is 1. The predicted octanol–water partition coefficient (Wildman–Crippen LogP) is 4.52. The summed E-state index contributed by atoms with van der Waals surface area (Å²) < 4.78 is 42.2. The number of carbonyl (C=O) groups excluding carboxylic acids is 1. The summed E-state index contributed by atoms with van der Waals surface area (Å²) in [5, 5.41) is 11.0. The van der Waals surface area contributed by atoms with Gasteiger partial charge in [0.05, 0.1) is 17.3 Å². The summed E-state index contributed by atoms with van der Waals surface area (Å²) in [6.45, 7) is 1.75. The van der Waals surface area contributed by atoms with Gasteiger partial charge in [0, 0.05) is 42.9 Å². The number of hydrogen-bond donors (Lipinski definition) is 2. The highest BCUT2D eigenvalue weighted by Crippen LogP contribution is 2.49. The van der Waals surface area contributed by atoms with Crippen molar-refractivity contribution in [3.05, 3.63) is 59.4 Å². The number of nitrogens with zero attached hydrogens (tertiary/aromatic N) is 2. The number of likely N-dealkylation sites (tertiary alicyclic amines) is 1. The molecule has 1 aromatic heterocycles. The minimum absolute atomic E-state index is 0.0316. The number of aromatic amines is 1. The first kappa shape index (κ1) is 23.9. The Hall–Kier alpha value is -2.84. The van der Waals surface area contributed by atoms with E-state index in [2.05, 4.69) is 4.98 Å². The molecule has 186 valence electrons. The lowest BCUT2D eigenvalue weighted by Crippen LogP contribution is -2.51. The Bertz CT molecular complexity index is 1230. The van der Waals surface area contributed by atoms with Gasteiger partial charge in [-0.2, -0.15) is 0 Å². The molecular weight excluding hydrogens is 455 g/mol. The molecule has 0 spiro atoms. The maximum absolute atomic E-state index is 14.6. The van der Waals surface area contributed by atoms with Crippen molar-refractivity contribution >= 4 is 16.8 Å². The molecule has 2 aromatic carbocycles. The molecule has 2 N–H and O–H groups in total. The zero-order chi connectivity index (χ0) is 24.9. The van der Waals surface area contributed by atoms with Crippen molar-refractivity contribution in [3.63, 3.8) is 0 Å². The number of benzene rings is 2. The van der Waals surface area contributed by atoms with E-state index in [-0.39, 0.29) is 35.0 Å². The van der Waals surface area contributed by atoms with E-state index in [9.17, 15) is 23.1 Å². The quantitative estimate of drug-likeness (QED) is 0.559. The summed E-state index contributed by atoms with van der Waals surface area (Å²) in [6.07, 6.45) is 1.34. The van der Waals surface area contributed by atoms with Gasteiger partial charge in [-0.3, -0.25) is 4.79 Å². The average Bonchev–Trinajstić information content (AvgIpc) is 3.14. The second kappa shape index (κ2) is 9.32. The van der Waals surface area contributed by atoms with Gasteiger partial charge in [0.1, 0.15) is 17.5 Å². The molecule has 1 amide bonds. The smallest absolute Gasteiger partial charge is 0.225 e. The molecule has 1 aliphatic heterocycles. The molecule has 0 unspecified atom stereocenters. The monoisotopic (exact) mass is 485 g/mol. The molecule has 1 aliphatic carbocycles. The van der Waals surface area contributed by atoms with E-state index in [4.69, 9.17) is 0 Å². The van der Waals surface area contributed by atoms with Crippen LogP contribution in [0.15, 0.2) is 36.4 Å². The molecule has 8 heteroatoms. The first-order chi connectivity index (χ1) is 16.7. The molecule has 2 aliphatic rings. The van der Waals surface area contributed by atoms with Crippen LogP contribution < -0.4 is 0 Å². The van der Waals surface area contributed by atoms with Crippen LogP contribution in [-0.4, -0.2) is 65.6 Å². The Balaban J connectivity index is 1.36. The number of piperidine rings is 1. The average molecular weight is 486 g/mol. The van der Waals surface area contributed by atoms with Gasteiger partial charge in [0.2, 0.25) is 5.91 Å². The molecular formula is C27H30F3N3O2. The van der Waals surface area contributed by atoms with Gasteiger partial charge in [-0.15, -0.1) is 0 Å². The second-order valence-corrected chi connectivity index (χ2v) is 10.3. The molecule has 5 rings (SSSR count). The zero-order valence-corrected chi connectivity index (χ0v) is 19.9. The zero-order valence-electron chi connectivity index (χ0n) is 19.9. The van der Waals surface area contributed by atoms with Crippen LogP contribution in [0.2, 0.25) is 0 Å². The fraction of sp³-hybridized carbons (Fsp3) is 0.444. The number of rotatable bonds is 5. The topological polar surface area (TPSA) is 59.6 Å². The third-order valence-corrected chi connectivity index (χ3v) is 7.53. The first-order valence-electron chi connectivity index (χ1n) is 12.1. The van der Waals surface area contributed by atoms with Gasteiger partial charge in [-0.05, 0) is 80.7 Å². The van der Waals surface area contributed by atoms with Crippen molar-refractivity contribution < 1.29 is 23.1 Å². The largest absolute Gasteiger partial charge is 0.391 e. The number of amides is 1. The Morgan fingerprint density at radius 2 is 1.83 bits per heavy atom. The van der Waals surface area contributed by atoms with E-state index in [0.717, 1.165) is 24.6 Å². The molecule has 3 aromatic rings. The number of β-amino-alcohol motifs (C(OH)–C–C–N with tert-alkyl or cyclic N) is 1. The van der Waals surface area contributed by atoms with E-state index in [1.54, 1.807) is 17.0 Å². The fourth-order valence-electron chi connectivity index (χ4n) is 5.68. The predicted molar refractivity (Wildman–Crippen MR) is 128 cm³/mol. The first-order valence-corrected chi connectivity index (χ1v) is 12.1. The Morgan fingerprint density at radius 1 is 1.11 bits per heavy atom. The van der Waals surface area contributed by atoms with Gasteiger partial charge in [-0.25, -0.2) is 13.2 Å². The Morgan fingerprint density at radius 3 is 2.49 bits per heavy atom. The van der Waals surface area contributed by atoms with Crippen molar-refractivity contribution in [2.24, 2.45) is 11.8 Å². The maximum atomic E-state index is 14.6. The molecule has 2 fully saturated rings. The standard InChI is InChI=1S/C27H30F3N3O2/c1-32(2)13-16-7-8-33(14-23(16)34)27(35)18-9-17(10-18)24-21-11-20(29)12-22(30)26(21)31-25(24)15-3-5-19(28)6-4-15/h3-6,11-12,16-18,23,31,34H,7-10,13-14H2,1-2H3/t16-,17?,18?,23+/m0/s1. The number of aliphatic hydroxyl groups excluding tert-OH is 1. The second-order valence-electron chi connectivity index (χ2n) is 10.3. The van der Waals surface area contributed by atoms with E-state index < -0.39 is 17.7 Å². The number of aromatic nitrogens is 1. The van der Waals surface area contributed by atoms with Crippen LogP contribution in [0.1, 0.15) is 30.7 Å². The highest BCUT2D eigenvalue weighted by Gasteiger charge is 2.42. The Labute approximate surface area is 202 Å². The van der Waals surface area contributed by atoms with Gasteiger partial charge >= 0.3 is 0 Å². The summed E-state index contributed by atoms with van der Waals surface area (Å²) in [5.74, 6) is -1.80. The fourth-order valence-corrected chi connectivity index (χ4v) is 5.68. The Kier molecular flexibility index (Phi) is 6.36. The summed E-state index contributed by atoms with van der Waals surface area (Å²) in [6, 6.07) is 8.05. The third kappa shape index (κ3) is 4.57. The minimum Gasteiger partial charge on any atom is -0.391 e. The summed E-state index contributed by atoms with van der Waals surface area (Å²) >= 11 is 0. The maximum Gasteiger partial charge on any atom is 0.225 e. The van der Waals surface area contributed by atoms with Gasteiger partial charge < -0.3 is 19.9 Å². The summed E-state index contributed by atoms with van der Waals surface area (Å²) in [7, 11) is 3.95. The summed E-state index contributed by atoms with van der Waals surface area (Å²) in [4.78, 5) is 20.1. The normalized spacial score (nSPS) is 24.7. The van der Waals surface area contributed by atoms with Crippen molar-refractivity contribution in [2.45, 2.75) is 31.3 Å². The highest BCUT2D eigenvalue weighted by atomic mass is 19.1. The van der Waals surface area contributed by atoms with Crippen LogP contribution in [0.3, 0.4) is 0 Å². The van der Waals surface area contributed by atoms with Gasteiger partial charge in [-0.1, -0.05) is 0 Å². The van der Waals surface area contributed by atoms with Crippen LogP contribution in [0.25, 0.3) is 22.2 Å². The molecule has 0 bridgehead atoms. The number of hydrogen-bond acceptors (Lipinski definition) is 3. The number of halogens is 3. The molecule has 2 atom stereocenters. The van der Waals surface area contributed by atoms with E-state index in [1.165, 1.54) is 18.2 Å². The third-order valence-electron chi connectivity index (χ3n) is 7.53. The lowest BCUT2D eigenvalue weighted by atomic mass is 9.69. The molecule has 2 heterocycles. The van der Waals surface area contributed by atoms with Crippen LogP contribution >= 0.6 is 0 Å². The SMILES string of the molecule is CN(C)C[C@@H]1CCN(C(=O)C2CC(c3c(-c4ccc(F)cc4)[nH]c4c(F)cc(F)cc34)C2)C[C@H]1O. The highest BCUT2D eigenvalue weighted by molar-refractivity contribution is 5.92. The number of H-pyrrole nitrogens is 1. The molecule has 1 saturated carbocycles. The van der Waals surface area contributed by atoms with E-state index >= 15 is 0 Å². The minimum atomic E-state index is -0.684. The van der Waals surface area contributed by atoms with Crippen molar-refractivity contribution in [1.82, 2.24) is 14.8 Å². The molecule has 0 radical (unpaired) electrons. The van der Waals surface area contributed by atoms with E-state index in [1.807, 2.05) is 19.0 Å². The van der Waals surface area contributed by atoms with Gasteiger partial charge in [0.15, 0.2) is 0 Å². The lowest BCUT2D eigenvalue weighted by Gasteiger charge is -2.42. The van der Waals surface area contributed by atoms with Crippen LogP contribution in [0, 0.1) is 29.3 Å². The lowest BCUT2D eigenvalue weighted by molar-refractivity contribution is -0.143. The van der Waals surface area contributed by atoms with Crippen molar-refractivity contribution in [2.75, 3.05) is 33.7 Å².